The molecule has 120 valence electrons. The Kier molecular flexibility index (Phi) is 6.17. The fourth-order valence-electron chi connectivity index (χ4n) is 2.07. The second-order valence-electron chi connectivity index (χ2n) is 5.07. The molecule has 0 spiro atoms. The van der Waals surface area contributed by atoms with E-state index in [2.05, 4.69) is 26.6 Å². The molecule has 5 nitrogen and oxygen atoms in total. The van der Waals surface area contributed by atoms with Crippen molar-refractivity contribution in [1.29, 1.82) is 0 Å². The maximum atomic E-state index is 11.8. The molecule has 0 aliphatic carbocycles. The number of amides is 2. The van der Waals surface area contributed by atoms with E-state index in [4.69, 9.17) is 0 Å². The summed E-state index contributed by atoms with van der Waals surface area (Å²) in [4.78, 5) is 23.2. The molecule has 0 saturated heterocycles. The summed E-state index contributed by atoms with van der Waals surface area (Å²) in [6, 6.07) is 16.1. The Labute approximate surface area is 142 Å². The van der Waals surface area contributed by atoms with Gasteiger partial charge in [0, 0.05) is 16.7 Å². The number of hydrogen-bond acceptors (Lipinski definition) is 2. The van der Waals surface area contributed by atoms with Gasteiger partial charge in [-0.15, -0.1) is 0 Å². The van der Waals surface area contributed by atoms with Crippen LogP contribution in [0, 0.1) is 5.92 Å². The molecule has 0 aromatic heterocycles. The molecule has 2 aromatic rings. The molecule has 0 bridgehead atoms. The predicted octanol–water partition coefficient (Wildman–Crippen LogP) is 3.51. The molecule has 1 atom stereocenters. The van der Waals surface area contributed by atoms with Crippen molar-refractivity contribution in [3.05, 3.63) is 64.6 Å². The third-order valence-electron chi connectivity index (χ3n) is 3.29. The number of hydrogen-bond donors (Lipinski definition) is 3. The monoisotopic (exact) mass is 376 g/mol. The Hall–Kier alpha value is -2.34. The Morgan fingerprint density at radius 3 is 2.30 bits per heavy atom. The molecular weight excluding hydrogens is 360 g/mol. The number of halogens is 1. The molecule has 2 amide bonds. The molecule has 23 heavy (non-hydrogen) atoms. The molecule has 3 N–H and O–H groups in total. The van der Waals surface area contributed by atoms with Crippen LogP contribution < -0.4 is 10.6 Å². The van der Waals surface area contributed by atoms with Crippen LogP contribution in [0.4, 0.5) is 10.5 Å². The number of aliphatic carboxylic acids is 1. The second-order valence-corrected chi connectivity index (χ2v) is 5.98. The normalized spacial score (nSPS) is 11.5. The highest BCUT2D eigenvalue weighted by Crippen LogP contribution is 2.14. The number of nitrogens with one attached hydrogen (secondary N) is 2. The minimum atomic E-state index is -0.933. The maximum absolute atomic E-state index is 11.8. The van der Waals surface area contributed by atoms with Crippen LogP contribution in [0.3, 0.4) is 0 Å². The highest BCUT2D eigenvalue weighted by atomic mass is 79.9. The van der Waals surface area contributed by atoms with Crippen molar-refractivity contribution in [2.45, 2.75) is 6.42 Å². The lowest BCUT2D eigenvalue weighted by atomic mass is 9.99. The molecule has 1 unspecified atom stereocenters. The van der Waals surface area contributed by atoms with Gasteiger partial charge in [-0.1, -0.05) is 46.3 Å². The minimum Gasteiger partial charge on any atom is -0.481 e. The van der Waals surface area contributed by atoms with E-state index >= 15 is 0 Å². The van der Waals surface area contributed by atoms with Gasteiger partial charge in [0.25, 0.3) is 0 Å². The molecule has 0 radical (unpaired) electrons. The summed E-state index contributed by atoms with van der Waals surface area (Å²) in [7, 11) is 0. The first-order valence-corrected chi connectivity index (χ1v) is 7.91. The van der Waals surface area contributed by atoms with Gasteiger partial charge < -0.3 is 15.7 Å². The van der Waals surface area contributed by atoms with Crippen LogP contribution in [0.25, 0.3) is 0 Å². The van der Waals surface area contributed by atoms with Crippen LogP contribution in [-0.2, 0) is 11.2 Å². The quantitative estimate of drug-likeness (QED) is 0.721. The summed E-state index contributed by atoms with van der Waals surface area (Å²) >= 11 is 3.32. The smallest absolute Gasteiger partial charge is 0.319 e. The number of rotatable bonds is 6. The molecule has 6 heteroatoms. The van der Waals surface area contributed by atoms with Crippen molar-refractivity contribution < 1.29 is 14.7 Å². The Morgan fingerprint density at radius 1 is 1.04 bits per heavy atom. The van der Waals surface area contributed by atoms with Crippen LogP contribution >= 0.6 is 15.9 Å². The van der Waals surface area contributed by atoms with E-state index < -0.39 is 17.9 Å². The van der Waals surface area contributed by atoms with Gasteiger partial charge in [-0.2, -0.15) is 0 Å². The summed E-state index contributed by atoms with van der Waals surface area (Å²) in [5.41, 5.74) is 1.57. The molecule has 0 aliphatic rings. The van der Waals surface area contributed by atoms with Crippen molar-refractivity contribution in [2.24, 2.45) is 5.92 Å². The van der Waals surface area contributed by atoms with Crippen molar-refractivity contribution in [1.82, 2.24) is 5.32 Å². The zero-order valence-corrected chi connectivity index (χ0v) is 13.9. The zero-order valence-electron chi connectivity index (χ0n) is 12.3. The van der Waals surface area contributed by atoms with Crippen LogP contribution in [-0.4, -0.2) is 23.7 Å². The number of anilines is 1. The molecule has 2 rings (SSSR count). The molecule has 0 heterocycles. The van der Waals surface area contributed by atoms with Gasteiger partial charge in [-0.25, -0.2) is 4.79 Å². The summed E-state index contributed by atoms with van der Waals surface area (Å²) in [5, 5.41) is 14.6. The number of carbonyl (C=O) groups excluding carboxylic acids is 1. The summed E-state index contributed by atoms with van der Waals surface area (Å²) in [6.45, 7) is 0.0621. The lowest BCUT2D eigenvalue weighted by Crippen LogP contribution is -2.36. The van der Waals surface area contributed by atoms with Crippen LogP contribution in [0.2, 0.25) is 0 Å². The third-order valence-corrected chi connectivity index (χ3v) is 3.81. The summed E-state index contributed by atoms with van der Waals surface area (Å²) in [6.07, 6.45) is 0.370. The fourth-order valence-corrected chi connectivity index (χ4v) is 2.33. The van der Waals surface area contributed by atoms with Crippen molar-refractivity contribution in [3.63, 3.8) is 0 Å². The molecule has 0 fully saturated rings. The largest absolute Gasteiger partial charge is 0.481 e. The van der Waals surface area contributed by atoms with Gasteiger partial charge >= 0.3 is 12.0 Å². The molecule has 0 saturated carbocycles. The topological polar surface area (TPSA) is 78.4 Å². The van der Waals surface area contributed by atoms with Gasteiger partial charge in [-0.05, 0) is 36.2 Å². The first-order valence-electron chi connectivity index (χ1n) is 7.12. The second kappa shape index (κ2) is 8.33. The lowest BCUT2D eigenvalue weighted by Gasteiger charge is -2.14. The van der Waals surface area contributed by atoms with Gasteiger partial charge in [0.15, 0.2) is 0 Å². The van der Waals surface area contributed by atoms with Crippen molar-refractivity contribution in [3.8, 4) is 0 Å². The number of carboxylic acids is 1. The van der Waals surface area contributed by atoms with E-state index in [-0.39, 0.29) is 6.54 Å². The molecular formula is C17H17BrN2O3. The summed E-state index contributed by atoms with van der Waals surface area (Å²) in [5.74, 6) is -1.61. The van der Waals surface area contributed by atoms with E-state index in [0.29, 0.717) is 12.1 Å². The first-order chi connectivity index (χ1) is 11.0. The van der Waals surface area contributed by atoms with E-state index in [1.165, 1.54) is 0 Å². The average molecular weight is 377 g/mol. The molecule has 0 aliphatic heterocycles. The van der Waals surface area contributed by atoms with Crippen LogP contribution in [0.15, 0.2) is 59.1 Å². The van der Waals surface area contributed by atoms with Crippen LogP contribution in [0.1, 0.15) is 5.56 Å². The fraction of sp³-hybridized carbons (Fsp3) is 0.176. The number of benzene rings is 2. The van der Waals surface area contributed by atoms with E-state index in [1.807, 2.05) is 42.5 Å². The maximum Gasteiger partial charge on any atom is 0.319 e. The van der Waals surface area contributed by atoms with Crippen molar-refractivity contribution in [2.75, 3.05) is 11.9 Å². The third kappa shape index (κ3) is 5.75. The van der Waals surface area contributed by atoms with E-state index in [1.54, 1.807) is 12.1 Å². The Bertz CT molecular complexity index is 659. The lowest BCUT2D eigenvalue weighted by molar-refractivity contribution is -0.141. The predicted molar refractivity (Wildman–Crippen MR) is 92.4 cm³/mol. The molecule has 2 aromatic carbocycles. The highest BCUT2D eigenvalue weighted by Gasteiger charge is 2.18. The van der Waals surface area contributed by atoms with Gasteiger partial charge in [-0.3, -0.25) is 4.79 Å². The summed E-state index contributed by atoms with van der Waals surface area (Å²) < 4.78 is 0.914. The van der Waals surface area contributed by atoms with Gasteiger partial charge in [0.05, 0.1) is 5.92 Å². The first kappa shape index (κ1) is 17.0. The van der Waals surface area contributed by atoms with Crippen molar-refractivity contribution >= 4 is 33.6 Å². The Morgan fingerprint density at radius 2 is 1.70 bits per heavy atom. The zero-order chi connectivity index (χ0) is 16.7. The minimum absolute atomic E-state index is 0.0621. The standard InChI is InChI=1S/C17H17BrN2O3/c18-14-6-8-15(9-7-14)20-17(23)19-11-13(16(21)22)10-12-4-2-1-3-5-12/h1-9,13H,10-11H2,(H,21,22)(H2,19,20,23). The number of urea groups is 1. The van der Waals surface area contributed by atoms with E-state index in [0.717, 1.165) is 10.0 Å². The van der Waals surface area contributed by atoms with Gasteiger partial charge in [0.2, 0.25) is 0 Å². The SMILES string of the molecule is O=C(NCC(Cc1ccccc1)C(=O)O)Nc1ccc(Br)cc1. The van der Waals surface area contributed by atoms with Gasteiger partial charge in [0.1, 0.15) is 0 Å². The highest BCUT2D eigenvalue weighted by molar-refractivity contribution is 9.10. The average Bonchev–Trinajstić information content (AvgIpc) is 2.54. The van der Waals surface area contributed by atoms with Crippen LogP contribution in [0.5, 0.6) is 0 Å². The number of carboxylic acid groups (broad SMARTS) is 1. The van der Waals surface area contributed by atoms with E-state index in [9.17, 15) is 14.7 Å². The number of carbonyl (C=O) groups is 2. The Balaban J connectivity index is 1.87.